The smallest absolute Gasteiger partial charge is 0.407 e. The molecule has 0 aromatic carbocycles. The number of ether oxygens (including phenoxy) is 1. The van der Waals surface area contributed by atoms with Gasteiger partial charge < -0.3 is 14.5 Å². The van der Waals surface area contributed by atoms with Crippen LogP contribution in [0.15, 0.2) is 0 Å². The number of nitrogens with one attached hydrogen (secondary N) is 1. The lowest BCUT2D eigenvalue weighted by molar-refractivity contribution is -0.138. The second-order valence-electron chi connectivity index (χ2n) is 8.01. The zero-order valence-corrected chi connectivity index (χ0v) is 17.1. The molecule has 0 rings (SSSR count). The predicted octanol–water partition coefficient (Wildman–Crippen LogP) is 4.48. The predicted molar refractivity (Wildman–Crippen MR) is 95.9 cm³/mol. The molecule has 5 nitrogen and oxygen atoms in total. The van der Waals surface area contributed by atoms with Crippen LogP contribution in [0.3, 0.4) is 0 Å². The van der Waals surface area contributed by atoms with E-state index in [0.29, 0.717) is 13.0 Å². The second-order valence-corrected chi connectivity index (χ2v) is 12.7. The van der Waals surface area contributed by atoms with Gasteiger partial charge in [0, 0.05) is 0 Å². The average molecular weight is 346 g/mol. The van der Waals surface area contributed by atoms with Gasteiger partial charge in [-0.2, -0.15) is 0 Å². The second kappa shape index (κ2) is 9.30. The van der Waals surface area contributed by atoms with Gasteiger partial charge in [0.15, 0.2) is 0 Å². The monoisotopic (exact) mass is 345 g/mol. The van der Waals surface area contributed by atoms with Gasteiger partial charge >= 0.3 is 12.1 Å². The molecular formula is C17H35NO4Si. The van der Waals surface area contributed by atoms with E-state index in [4.69, 9.17) is 9.16 Å². The number of carbonyl (C=O) groups excluding carboxylic acids is 2. The summed E-state index contributed by atoms with van der Waals surface area (Å²) in [7, 11) is -2.20. The number of alkyl carbamates (subject to hydrolysis) is 1. The molecule has 0 spiro atoms. The van der Waals surface area contributed by atoms with Gasteiger partial charge in [-0.05, 0) is 30.5 Å². The van der Waals surface area contributed by atoms with Gasteiger partial charge in [-0.1, -0.05) is 54.4 Å². The fourth-order valence-corrected chi connectivity index (χ4v) is 2.51. The molecule has 0 saturated heterocycles. The third-order valence-electron chi connectivity index (χ3n) is 4.13. The lowest BCUT2D eigenvalue weighted by Gasteiger charge is -2.36. The summed E-state index contributed by atoms with van der Waals surface area (Å²) < 4.78 is 10.9. The fraction of sp³-hybridized carbons (Fsp3) is 0.882. The molecule has 0 radical (unpaired) electrons. The Morgan fingerprint density at radius 2 is 1.74 bits per heavy atom. The third-order valence-corrected chi connectivity index (χ3v) is 8.46. The molecule has 1 atom stereocenters. The van der Waals surface area contributed by atoms with Crippen LogP contribution in [-0.4, -0.2) is 33.0 Å². The summed E-state index contributed by atoms with van der Waals surface area (Å²) in [6.45, 7) is 16.6. The molecule has 136 valence electrons. The molecular weight excluding hydrogens is 310 g/mol. The molecule has 0 aliphatic carbocycles. The number of amides is 1. The summed E-state index contributed by atoms with van der Waals surface area (Å²) in [5, 5.41) is 2.61. The van der Waals surface area contributed by atoms with E-state index in [-0.39, 0.29) is 16.9 Å². The van der Waals surface area contributed by atoms with Gasteiger partial charge in [0.2, 0.25) is 0 Å². The molecule has 1 N–H and O–H groups in total. The van der Waals surface area contributed by atoms with Crippen molar-refractivity contribution in [2.24, 2.45) is 5.92 Å². The van der Waals surface area contributed by atoms with E-state index in [1.165, 1.54) is 0 Å². The van der Waals surface area contributed by atoms with Crippen LogP contribution in [-0.2, 0) is 14.0 Å². The van der Waals surface area contributed by atoms with Crippen LogP contribution in [0.4, 0.5) is 4.79 Å². The number of hydrogen-bond acceptors (Lipinski definition) is 4. The summed E-state index contributed by atoms with van der Waals surface area (Å²) in [5.74, 6) is -0.0828. The van der Waals surface area contributed by atoms with Gasteiger partial charge in [0.25, 0.3) is 8.32 Å². The van der Waals surface area contributed by atoms with Crippen LogP contribution >= 0.6 is 0 Å². The van der Waals surface area contributed by atoms with Crippen molar-refractivity contribution in [2.45, 2.75) is 85.0 Å². The van der Waals surface area contributed by atoms with E-state index in [1.54, 1.807) is 0 Å². The van der Waals surface area contributed by atoms with Crippen molar-refractivity contribution >= 4 is 20.4 Å². The van der Waals surface area contributed by atoms with Crippen molar-refractivity contribution in [3.63, 3.8) is 0 Å². The van der Waals surface area contributed by atoms with E-state index in [0.717, 1.165) is 12.8 Å². The first kappa shape index (κ1) is 22.0. The SMILES string of the molecule is CCCCC(NC(=O)OCC(C)C)C(=O)O[Si](C)(C)C(C)(C)C. The van der Waals surface area contributed by atoms with Crippen LogP contribution in [0, 0.1) is 5.92 Å². The lowest BCUT2D eigenvalue weighted by atomic mass is 10.1. The lowest BCUT2D eigenvalue weighted by Crippen LogP contribution is -2.49. The molecule has 0 bridgehead atoms. The number of hydrogen-bond donors (Lipinski definition) is 1. The Morgan fingerprint density at radius 1 is 1.17 bits per heavy atom. The maximum atomic E-state index is 12.5. The zero-order valence-electron chi connectivity index (χ0n) is 16.1. The quantitative estimate of drug-likeness (QED) is 0.659. The maximum absolute atomic E-state index is 12.5. The Hall–Kier alpha value is -1.04. The highest BCUT2D eigenvalue weighted by Crippen LogP contribution is 2.36. The maximum Gasteiger partial charge on any atom is 0.407 e. The largest absolute Gasteiger partial charge is 0.518 e. The standard InChI is InChI=1S/C17H35NO4Si/c1-9-10-11-14(18-16(20)21-12-13(2)3)15(19)22-23(7,8)17(4,5)6/h13-14H,9-12H2,1-8H3,(H,18,20). The first-order chi connectivity index (χ1) is 10.4. The molecule has 23 heavy (non-hydrogen) atoms. The highest BCUT2D eigenvalue weighted by molar-refractivity contribution is 6.75. The van der Waals surface area contributed by atoms with Gasteiger partial charge in [0.1, 0.15) is 6.04 Å². The van der Waals surface area contributed by atoms with Crippen LogP contribution < -0.4 is 5.32 Å². The molecule has 0 saturated carbocycles. The normalized spacial score (nSPS) is 13.6. The molecule has 0 fully saturated rings. The van der Waals surface area contributed by atoms with Crippen molar-refractivity contribution in [1.82, 2.24) is 5.32 Å². The summed E-state index contributed by atoms with van der Waals surface area (Å²) in [6, 6.07) is -0.635. The van der Waals surface area contributed by atoms with Gasteiger partial charge in [-0.3, -0.25) is 4.79 Å². The topological polar surface area (TPSA) is 64.6 Å². The van der Waals surface area contributed by atoms with Gasteiger partial charge in [0.05, 0.1) is 6.61 Å². The van der Waals surface area contributed by atoms with E-state index in [9.17, 15) is 9.59 Å². The molecule has 6 heteroatoms. The zero-order chi connectivity index (χ0) is 18.3. The van der Waals surface area contributed by atoms with E-state index in [1.807, 2.05) is 33.9 Å². The average Bonchev–Trinajstić information content (AvgIpc) is 2.39. The minimum Gasteiger partial charge on any atom is -0.518 e. The summed E-state index contributed by atoms with van der Waals surface area (Å²) in [6.07, 6.45) is 1.82. The van der Waals surface area contributed by atoms with Crippen LogP contribution in [0.2, 0.25) is 18.1 Å². The highest BCUT2D eigenvalue weighted by atomic mass is 28.4. The van der Waals surface area contributed by atoms with Crippen molar-refractivity contribution < 1.29 is 18.8 Å². The Morgan fingerprint density at radius 3 is 2.17 bits per heavy atom. The molecule has 0 aromatic heterocycles. The van der Waals surface area contributed by atoms with Crippen molar-refractivity contribution in [1.29, 1.82) is 0 Å². The summed E-state index contributed by atoms with van der Waals surface area (Å²) >= 11 is 0. The fourth-order valence-electron chi connectivity index (χ4n) is 1.56. The molecule has 0 aromatic rings. The summed E-state index contributed by atoms with van der Waals surface area (Å²) in [4.78, 5) is 24.4. The minimum absolute atomic E-state index is 0.0594. The first-order valence-corrected chi connectivity index (χ1v) is 11.5. The van der Waals surface area contributed by atoms with E-state index >= 15 is 0 Å². The number of rotatable bonds is 8. The van der Waals surface area contributed by atoms with Crippen LogP contribution in [0.5, 0.6) is 0 Å². The Labute approximate surface area is 142 Å². The molecule has 0 heterocycles. The Balaban J connectivity index is 4.82. The van der Waals surface area contributed by atoms with Crippen LogP contribution in [0.25, 0.3) is 0 Å². The molecule has 1 unspecified atom stereocenters. The Bertz CT molecular complexity index is 389. The van der Waals surface area contributed by atoms with Gasteiger partial charge in [-0.25, -0.2) is 4.79 Å². The minimum atomic E-state index is -2.20. The van der Waals surface area contributed by atoms with Crippen molar-refractivity contribution in [3.8, 4) is 0 Å². The first-order valence-electron chi connectivity index (χ1n) is 8.56. The van der Waals surface area contributed by atoms with Crippen LogP contribution in [0.1, 0.15) is 60.8 Å². The van der Waals surface area contributed by atoms with Gasteiger partial charge in [-0.15, -0.1) is 0 Å². The molecule has 1 amide bonds. The van der Waals surface area contributed by atoms with Crippen molar-refractivity contribution in [2.75, 3.05) is 6.61 Å². The molecule has 0 aliphatic heterocycles. The number of carbonyl (C=O) groups is 2. The Kier molecular flexibility index (Phi) is 8.88. The van der Waals surface area contributed by atoms with Crippen molar-refractivity contribution in [3.05, 3.63) is 0 Å². The van der Waals surface area contributed by atoms with E-state index < -0.39 is 20.5 Å². The highest BCUT2D eigenvalue weighted by Gasteiger charge is 2.41. The molecule has 0 aliphatic rings. The summed E-state index contributed by atoms with van der Waals surface area (Å²) in [5.41, 5.74) is 0. The third kappa shape index (κ3) is 8.39. The van der Waals surface area contributed by atoms with E-state index in [2.05, 4.69) is 26.1 Å². The number of unbranched alkanes of at least 4 members (excludes halogenated alkanes) is 1.